The van der Waals surface area contributed by atoms with Gasteiger partial charge >= 0.3 is 0 Å². The first-order valence-electron chi connectivity index (χ1n) is 4.76. The lowest BCUT2D eigenvalue weighted by Gasteiger charge is -2.16. The lowest BCUT2D eigenvalue weighted by molar-refractivity contribution is 0.479. The molecule has 0 nitrogen and oxygen atoms in total. The summed E-state index contributed by atoms with van der Waals surface area (Å²) in [5.41, 5.74) is 2.73. The van der Waals surface area contributed by atoms with Crippen molar-refractivity contribution in [2.24, 2.45) is 11.8 Å². The van der Waals surface area contributed by atoms with E-state index in [1.807, 2.05) is 0 Å². The minimum Gasteiger partial charge on any atom is -0.0998 e. The summed E-state index contributed by atoms with van der Waals surface area (Å²) in [6, 6.07) is 0. The van der Waals surface area contributed by atoms with Gasteiger partial charge in [-0.3, -0.25) is 0 Å². The Hall–Kier alpha value is -0.520. The molecule has 0 heterocycles. The van der Waals surface area contributed by atoms with E-state index in [4.69, 9.17) is 0 Å². The molecule has 0 heteroatoms. The standard InChI is InChI=1S/C12H22/c1-9(2)7-8-11(5)12(6)10(3)4/h8,10,12H,1,7H2,2-6H3. The van der Waals surface area contributed by atoms with Gasteiger partial charge in [-0.1, -0.05) is 44.6 Å². The van der Waals surface area contributed by atoms with E-state index in [9.17, 15) is 0 Å². The van der Waals surface area contributed by atoms with Gasteiger partial charge in [0, 0.05) is 0 Å². The van der Waals surface area contributed by atoms with Crippen LogP contribution in [-0.2, 0) is 0 Å². The SMILES string of the molecule is C=C(C)CC=C(C)C(C)C(C)C. The van der Waals surface area contributed by atoms with Crippen LogP contribution >= 0.6 is 0 Å². The minimum absolute atomic E-state index is 0.698. The molecule has 1 unspecified atom stereocenters. The molecule has 0 N–H and O–H groups in total. The molecule has 0 aromatic rings. The first kappa shape index (κ1) is 11.5. The van der Waals surface area contributed by atoms with Gasteiger partial charge in [-0.25, -0.2) is 0 Å². The van der Waals surface area contributed by atoms with Crippen molar-refractivity contribution in [3.63, 3.8) is 0 Å². The van der Waals surface area contributed by atoms with Crippen molar-refractivity contribution in [2.45, 2.75) is 41.0 Å². The van der Waals surface area contributed by atoms with Crippen molar-refractivity contribution in [1.82, 2.24) is 0 Å². The van der Waals surface area contributed by atoms with Crippen molar-refractivity contribution < 1.29 is 0 Å². The Morgan fingerprint density at radius 3 is 2.08 bits per heavy atom. The van der Waals surface area contributed by atoms with Crippen molar-refractivity contribution >= 4 is 0 Å². The maximum Gasteiger partial charge on any atom is -0.0142 e. The first-order valence-corrected chi connectivity index (χ1v) is 4.76. The number of hydrogen-bond acceptors (Lipinski definition) is 0. The molecule has 0 saturated carbocycles. The number of allylic oxidation sites excluding steroid dienone is 3. The Morgan fingerprint density at radius 1 is 1.25 bits per heavy atom. The lowest BCUT2D eigenvalue weighted by Crippen LogP contribution is -2.04. The molecule has 0 bridgehead atoms. The summed E-state index contributed by atoms with van der Waals surface area (Å²) in [7, 11) is 0. The van der Waals surface area contributed by atoms with Gasteiger partial charge in [0.1, 0.15) is 0 Å². The average molecular weight is 166 g/mol. The summed E-state index contributed by atoms with van der Waals surface area (Å²) in [6.45, 7) is 15.0. The van der Waals surface area contributed by atoms with Crippen molar-refractivity contribution in [2.75, 3.05) is 0 Å². The smallest absolute Gasteiger partial charge is 0.0142 e. The third-order valence-electron chi connectivity index (χ3n) is 2.49. The van der Waals surface area contributed by atoms with Crippen LogP contribution in [0.3, 0.4) is 0 Å². The van der Waals surface area contributed by atoms with Crippen molar-refractivity contribution in [3.05, 3.63) is 23.8 Å². The number of rotatable bonds is 4. The van der Waals surface area contributed by atoms with Gasteiger partial charge in [-0.15, -0.1) is 0 Å². The molecule has 0 aliphatic carbocycles. The molecule has 0 saturated heterocycles. The molecule has 0 aliphatic heterocycles. The summed E-state index contributed by atoms with van der Waals surface area (Å²) in [4.78, 5) is 0. The van der Waals surface area contributed by atoms with Gasteiger partial charge in [0.2, 0.25) is 0 Å². The van der Waals surface area contributed by atoms with E-state index in [-0.39, 0.29) is 0 Å². The highest BCUT2D eigenvalue weighted by molar-refractivity contribution is 5.08. The molecular formula is C12H22. The second-order valence-corrected chi connectivity index (χ2v) is 4.14. The Labute approximate surface area is 77.4 Å². The predicted molar refractivity (Wildman–Crippen MR) is 57.2 cm³/mol. The molecular weight excluding hydrogens is 144 g/mol. The zero-order valence-corrected chi connectivity index (χ0v) is 9.15. The molecule has 0 aliphatic rings. The van der Waals surface area contributed by atoms with E-state index < -0.39 is 0 Å². The largest absolute Gasteiger partial charge is 0.0998 e. The van der Waals surface area contributed by atoms with Crippen molar-refractivity contribution in [1.29, 1.82) is 0 Å². The fraction of sp³-hybridized carbons (Fsp3) is 0.667. The van der Waals surface area contributed by atoms with Crippen LogP contribution in [0.1, 0.15) is 41.0 Å². The third kappa shape index (κ3) is 4.38. The second-order valence-electron chi connectivity index (χ2n) is 4.14. The fourth-order valence-corrected chi connectivity index (χ4v) is 1.05. The van der Waals surface area contributed by atoms with E-state index >= 15 is 0 Å². The maximum atomic E-state index is 3.89. The molecule has 70 valence electrons. The minimum atomic E-state index is 0.698. The quantitative estimate of drug-likeness (QED) is 0.549. The molecule has 0 fully saturated rings. The van der Waals surface area contributed by atoms with Gasteiger partial charge in [0.25, 0.3) is 0 Å². The molecule has 0 spiro atoms. The van der Waals surface area contributed by atoms with Gasteiger partial charge in [-0.2, -0.15) is 0 Å². The van der Waals surface area contributed by atoms with E-state index in [1.165, 1.54) is 11.1 Å². The molecule has 0 aromatic heterocycles. The normalized spacial score (nSPS) is 15.0. The fourth-order valence-electron chi connectivity index (χ4n) is 1.05. The van der Waals surface area contributed by atoms with Crippen LogP contribution in [0.25, 0.3) is 0 Å². The highest BCUT2D eigenvalue weighted by atomic mass is 14.1. The maximum absolute atomic E-state index is 3.89. The van der Waals surface area contributed by atoms with E-state index in [0.717, 1.165) is 12.3 Å². The zero-order valence-electron chi connectivity index (χ0n) is 9.15. The van der Waals surface area contributed by atoms with Gasteiger partial charge in [0.15, 0.2) is 0 Å². The summed E-state index contributed by atoms with van der Waals surface area (Å²) < 4.78 is 0. The average Bonchev–Trinajstić information content (AvgIpc) is 1.98. The Morgan fingerprint density at radius 2 is 1.75 bits per heavy atom. The number of hydrogen-bond donors (Lipinski definition) is 0. The lowest BCUT2D eigenvalue weighted by atomic mass is 9.90. The highest BCUT2D eigenvalue weighted by Gasteiger charge is 2.07. The summed E-state index contributed by atoms with van der Waals surface area (Å²) in [5.74, 6) is 1.44. The Kier molecular flexibility index (Phi) is 4.96. The van der Waals surface area contributed by atoms with Crippen LogP contribution in [0.4, 0.5) is 0 Å². The van der Waals surface area contributed by atoms with Crippen LogP contribution < -0.4 is 0 Å². The van der Waals surface area contributed by atoms with Crippen LogP contribution in [0.5, 0.6) is 0 Å². The first-order chi connectivity index (χ1) is 5.45. The summed E-state index contributed by atoms with van der Waals surface area (Å²) >= 11 is 0. The van der Waals surface area contributed by atoms with Gasteiger partial charge < -0.3 is 0 Å². The highest BCUT2D eigenvalue weighted by Crippen LogP contribution is 2.19. The topological polar surface area (TPSA) is 0 Å². The molecule has 0 radical (unpaired) electrons. The van der Waals surface area contributed by atoms with Crippen LogP contribution in [0.2, 0.25) is 0 Å². The van der Waals surface area contributed by atoms with Crippen LogP contribution in [0, 0.1) is 11.8 Å². The van der Waals surface area contributed by atoms with Crippen LogP contribution in [-0.4, -0.2) is 0 Å². The molecule has 0 aromatic carbocycles. The Balaban J connectivity index is 4.08. The van der Waals surface area contributed by atoms with Crippen LogP contribution in [0.15, 0.2) is 23.8 Å². The zero-order chi connectivity index (χ0) is 9.72. The molecule has 0 amide bonds. The molecule has 12 heavy (non-hydrogen) atoms. The molecule has 1 atom stereocenters. The van der Waals surface area contributed by atoms with Crippen molar-refractivity contribution in [3.8, 4) is 0 Å². The monoisotopic (exact) mass is 166 g/mol. The molecule has 0 rings (SSSR count). The van der Waals surface area contributed by atoms with Gasteiger partial charge in [0.05, 0.1) is 0 Å². The van der Waals surface area contributed by atoms with E-state index in [1.54, 1.807) is 0 Å². The summed E-state index contributed by atoms with van der Waals surface area (Å²) in [6.07, 6.45) is 3.33. The third-order valence-corrected chi connectivity index (χ3v) is 2.49. The second kappa shape index (κ2) is 5.18. The van der Waals surface area contributed by atoms with Gasteiger partial charge in [-0.05, 0) is 32.1 Å². The predicted octanol–water partition coefficient (Wildman–Crippen LogP) is 4.19. The van der Waals surface area contributed by atoms with E-state index in [2.05, 4.69) is 47.3 Å². The van der Waals surface area contributed by atoms with E-state index in [0.29, 0.717) is 5.92 Å². The Bertz CT molecular complexity index is 172. The summed E-state index contributed by atoms with van der Waals surface area (Å²) in [5, 5.41) is 0.